The Labute approximate surface area is 83.1 Å². The van der Waals surface area contributed by atoms with E-state index < -0.39 is 0 Å². The average molecular weight is 197 g/mol. The van der Waals surface area contributed by atoms with Crippen LogP contribution < -0.4 is 5.32 Å². The maximum Gasteiger partial charge on any atom is 0.325 e. The van der Waals surface area contributed by atoms with Gasteiger partial charge in [0.2, 0.25) is 0 Å². The van der Waals surface area contributed by atoms with Gasteiger partial charge in [0.05, 0.1) is 19.0 Å². The molecule has 0 aliphatic heterocycles. The molecule has 5 nitrogen and oxygen atoms in total. The average Bonchev–Trinajstić information content (AvgIpc) is 2.62. The molecule has 0 amide bonds. The van der Waals surface area contributed by atoms with Crippen LogP contribution in [0.1, 0.15) is 19.9 Å². The smallest absolute Gasteiger partial charge is 0.325 e. The molecule has 0 atom stereocenters. The zero-order chi connectivity index (χ0) is 10.6. The summed E-state index contributed by atoms with van der Waals surface area (Å²) in [5, 5.41) is 7.03. The highest BCUT2D eigenvalue weighted by atomic mass is 16.5. The van der Waals surface area contributed by atoms with E-state index in [0.717, 1.165) is 5.69 Å². The number of carbonyl (C=O) groups excluding carboxylic acids is 1. The second-order valence-electron chi connectivity index (χ2n) is 3.23. The first-order chi connectivity index (χ1) is 6.63. The van der Waals surface area contributed by atoms with Gasteiger partial charge >= 0.3 is 5.97 Å². The summed E-state index contributed by atoms with van der Waals surface area (Å²) < 4.78 is 6.32. The molecule has 1 heterocycles. The molecule has 1 N–H and O–H groups in total. The van der Waals surface area contributed by atoms with Gasteiger partial charge in [0.15, 0.2) is 0 Å². The summed E-state index contributed by atoms with van der Waals surface area (Å²) in [7, 11) is 1.36. The van der Waals surface area contributed by atoms with Crippen LogP contribution in [-0.2, 0) is 9.53 Å². The maximum absolute atomic E-state index is 10.8. The molecule has 0 radical (unpaired) electrons. The highest BCUT2D eigenvalue weighted by Gasteiger charge is 2.03. The van der Waals surface area contributed by atoms with E-state index in [-0.39, 0.29) is 12.5 Å². The van der Waals surface area contributed by atoms with Gasteiger partial charge in [-0.2, -0.15) is 5.10 Å². The monoisotopic (exact) mass is 197 g/mol. The lowest BCUT2D eigenvalue weighted by Gasteiger charge is -2.03. The van der Waals surface area contributed by atoms with Crippen molar-refractivity contribution in [1.82, 2.24) is 9.78 Å². The minimum atomic E-state index is -0.290. The van der Waals surface area contributed by atoms with Gasteiger partial charge in [-0.25, -0.2) is 0 Å². The largest absolute Gasteiger partial charge is 0.468 e. The van der Waals surface area contributed by atoms with Gasteiger partial charge in [0.1, 0.15) is 6.54 Å². The van der Waals surface area contributed by atoms with E-state index in [9.17, 15) is 4.79 Å². The Hall–Kier alpha value is -1.52. The number of nitrogens with one attached hydrogen (secondary N) is 1. The molecule has 0 bridgehead atoms. The first kappa shape index (κ1) is 10.6. The van der Waals surface area contributed by atoms with Crippen LogP contribution in [0.2, 0.25) is 0 Å². The summed E-state index contributed by atoms with van der Waals surface area (Å²) >= 11 is 0. The Balaban J connectivity index is 2.48. The number of hydrogen-bond acceptors (Lipinski definition) is 4. The summed E-state index contributed by atoms with van der Waals surface area (Å²) in [5.41, 5.74) is 0.823. The van der Waals surface area contributed by atoms with E-state index in [4.69, 9.17) is 0 Å². The zero-order valence-electron chi connectivity index (χ0n) is 8.65. The van der Waals surface area contributed by atoms with Gasteiger partial charge < -0.3 is 10.1 Å². The van der Waals surface area contributed by atoms with Crippen molar-refractivity contribution in [2.24, 2.45) is 0 Å². The zero-order valence-corrected chi connectivity index (χ0v) is 8.65. The second-order valence-corrected chi connectivity index (χ2v) is 3.23. The van der Waals surface area contributed by atoms with E-state index in [2.05, 4.69) is 15.2 Å². The van der Waals surface area contributed by atoms with Crippen LogP contribution in [0.3, 0.4) is 0 Å². The third kappa shape index (κ3) is 2.76. The van der Waals surface area contributed by atoms with Gasteiger partial charge in [0.25, 0.3) is 0 Å². The molecule has 0 aliphatic carbocycles. The van der Waals surface area contributed by atoms with Crippen molar-refractivity contribution < 1.29 is 9.53 Å². The van der Waals surface area contributed by atoms with Crippen LogP contribution in [0.25, 0.3) is 0 Å². The highest BCUT2D eigenvalue weighted by molar-refractivity contribution is 5.74. The van der Waals surface area contributed by atoms with Crippen molar-refractivity contribution in [3.63, 3.8) is 0 Å². The van der Waals surface area contributed by atoms with Gasteiger partial charge in [-0.05, 0) is 13.8 Å². The number of aromatic nitrogens is 2. The Morgan fingerprint density at radius 1 is 1.71 bits per heavy atom. The van der Waals surface area contributed by atoms with Crippen LogP contribution >= 0.6 is 0 Å². The molecular formula is C9H15N3O2. The fourth-order valence-corrected chi connectivity index (χ4v) is 0.958. The Morgan fingerprint density at radius 2 is 2.43 bits per heavy atom. The first-order valence-corrected chi connectivity index (χ1v) is 4.48. The van der Waals surface area contributed by atoms with Crippen molar-refractivity contribution >= 4 is 11.7 Å². The van der Waals surface area contributed by atoms with Crippen molar-refractivity contribution in [3.05, 3.63) is 12.4 Å². The molecule has 1 aromatic heterocycles. The molecule has 78 valence electrons. The Morgan fingerprint density at radius 3 is 2.93 bits per heavy atom. The summed E-state index contributed by atoms with van der Waals surface area (Å²) in [5.74, 6) is -0.290. The van der Waals surface area contributed by atoms with Crippen LogP contribution in [0, 0.1) is 0 Å². The molecule has 5 heteroatoms. The standard InChI is InChI=1S/C9H15N3O2/c1-7(2)12-6-8(4-11-12)10-5-9(13)14-3/h4,6-7,10H,5H2,1-3H3. The molecule has 0 saturated carbocycles. The lowest BCUT2D eigenvalue weighted by atomic mass is 10.4. The van der Waals surface area contributed by atoms with Crippen LogP contribution in [0.4, 0.5) is 5.69 Å². The van der Waals surface area contributed by atoms with E-state index in [1.807, 2.05) is 24.7 Å². The molecule has 14 heavy (non-hydrogen) atoms. The third-order valence-electron chi connectivity index (χ3n) is 1.80. The molecule has 0 spiro atoms. The van der Waals surface area contributed by atoms with Gasteiger partial charge in [-0.3, -0.25) is 9.48 Å². The van der Waals surface area contributed by atoms with Crippen molar-refractivity contribution in [2.45, 2.75) is 19.9 Å². The predicted octanol–water partition coefficient (Wildman–Crippen LogP) is 1.05. The molecule has 0 saturated heterocycles. The molecular weight excluding hydrogens is 182 g/mol. The minimum absolute atomic E-state index is 0.167. The normalized spacial score (nSPS) is 10.3. The molecule has 0 fully saturated rings. The molecule has 1 rings (SSSR count). The number of carbonyl (C=O) groups is 1. The van der Waals surface area contributed by atoms with Crippen molar-refractivity contribution in [1.29, 1.82) is 0 Å². The van der Waals surface area contributed by atoms with E-state index >= 15 is 0 Å². The highest BCUT2D eigenvalue weighted by Crippen LogP contribution is 2.09. The Kier molecular flexibility index (Phi) is 3.50. The van der Waals surface area contributed by atoms with Crippen LogP contribution in [0.15, 0.2) is 12.4 Å². The quantitative estimate of drug-likeness (QED) is 0.733. The molecule has 0 aromatic carbocycles. The van der Waals surface area contributed by atoms with E-state index in [1.165, 1.54) is 7.11 Å². The number of hydrogen-bond donors (Lipinski definition) is 1. The lowest BCUT2D eigenvalue weighted by molar-refractivity contribution is -0.138. The SMILES string of the molecule is COC(=O)CNc1cnn(C(C)C)c1. The number of nitrogens with zero attached hydrogens (tertiary/aromatic N) is 2. The fraction of sp³-hybridized carbons (Fsp3) is 0.556. The van der Waals surface area contributed by atoms with Gasteiger partial charge in [-0.15, -0.1) is 0 Å². The summed E-state index contributed by atoms with van der Waals surface area (Å²) in [6.45, 7) is 4.24. The summed E-state index contributed by atoms with van der Waals surface area (Å²) in [4.78, 5) is 10.8. The number of esters is 1. The van der Waals surface area contributed by atoms with Gasteiger partial charge in [0, 0.05) is 12.2 Å². The first-order valence-electron chi connectivity index (χ1n) is 4.48. The van der Waals surface area contributed by atoms with E-state index in [1.54, 1.807) is 6.20 Å². The summed E-state index contributed by atoms with van der Waals surface area (Å²) in [6, 6.07) is 0.323. The third-order valence-corrected chi connectivity index (χ3v) is 1.80. The molecule has 1 aromatic rings. The minimum Gasteiger partial charge on any atom is -0.468 e. The van der Waals surface area contributed by atoms with Crippen LogP contribution in [0.5, 0.6) is 0 Å². The number of rotatable bonds is 4. The molecule has 0 aliphatic rings. The number of ether oxygens (including phenoxy) is 1. The lowest BCUT2D eigenvalue weighted by Crippen LogP contribution is -2.14. The Bertz CT molecular complexity index is 307. The number of methoxy groups -OCH3 is 1. The topological polar surface area (TPSA) is 56.1 Å². The van der Waals surface area contributed by atoms with Gasteiger partial charge in [-0.1, -0.05) is 0 Å². The predicted molar refractivity (Wildman–Crippen MR) is 53.1 cm³/mol. The molecule has 0 unspecified atom stereocenters. The van der Waals surface area contributed by atoms with E-state index in [0.29, 0.717) is 6.04 Å². The summed E-state index contributed by atoms with van der Waals surface area (Å²) in [6.07, 6.45) is 3.54. The van der Waals surface area contributed by atoms with Crippen molar-refractivity contribution in [2.75, 3.05) is 19.0 Å². The fourth-order valence-electron chi connectivity index (χ4n) is 0.958. The van der Waals surface area contributed by atoms with Crippen molar-refractivity contribution in [3.8, 4) is 0 Å². The van der Waals surface area contributed by atoms with Crippen LogP contribution in [-0.4, -0.2) is 29.4 Å². The maximum atomic E-state index is 10.8. The second kappa shape index (κ2) is 4.64. The number of anilines is 1.